The highest BCUT2D eigenvalue weighted by molar-refractivity contribution is 5.73. The molecule has 0 unspecified atom stereocenters. The largest absolute Gasteiger partial charge is 0.373 e. The van der Waals surface area contributed by atoms with Crippen LogP contribution in [0.3, 0.4) is 0 Å². The quantitative estimate of drug-likeness (QED) is 0.928. The number of carbonyl (C=O) groups is 1. The normalized spacial score (nSPS) is 23.8. The number of nitrogens with one attached hydrogen (secondary N) is 1. The Kier molecular flexibility index (Phi) is 4.87. The molecule has 0 aromatic heterocycles. The number of hydrogen-bond acceptors (Lipinski definition) is 3. The zero-order valence-corrected chi connectivity index (χ0v) is 14.1. The lowest BCUT2D eigenvalue weighted by Crippen LogP contribution is -2.45. The molecule has 2 heterocycles. The molecule has 1 aromatic carbocycles. The highest BCUT2D eigenvalue weighted by atomic mass is 16.5. The minimum Gasteiger partial charge on any atom is -0.373 e. The summed E-state index contributed by atoms with van der Waals surface area (Å²) in [7, 11) is 3.53. The van der Waals surface area contributed by atoms with Gasteiger partial charge in [-0.05, 0) is 24.8 Å². The Balaban J connectivity index is 1.48. The number of benzene rings is 1. The summed E-state index contributed by atoms with van der Waals surface area (Å²) in [4.78, 5) is 15.8. The summed E-state index contributed by atoms with van der Waals surface area (Å²) in [6.45, 7) is 3.77. The molecular formula is C18H27N3O2. The molecule has 2 amide bonds. The molecule has 2 aliphatic rings. The van der Waals surface area contributed by atoms with E-state index in [0.29, 0.717) is 6.61 Å². The lowest BCUT2D eigenvalue weighted by Gasteiger charge is -2.38. The number of rotatable bonds is 3. The molecule has 0 saturated carbocycles. The first kappa shape index (κ1) is 16.3. The fourth-order valence-corrected chi connectivity index (χ4v) is 3.55. The second-order valence-electron chi connectivity index (χ2n) is 7.00. The molecule has 0 radical (unpaired) electrons. The van der Waals surface area contributed by atoms with Crippen molar-refractivity contribution in [3.05, 3.63) is 35.9 Å². The Labute approximate surface area is 138 Å². The third kappa shape index (κ3) is 4.03. The standard InChI is InChI=1S/C18H27N3O2/c1-20(2)17(22)19-16-12-18(23-14-16)8-10-21(11-9-18)13-15-6-4-3-5-7-15/h3-7,16H,8-14H2,1-2H3,(H,19,22)/t16-/m1/s1. The summed E-state index contributed by atoms with van der Waals surface area (Å²) in [6, 6.07) is 10.7. The van der Waals surface area contributed by atoms with Gasteiger partial charge in [0.1, 0.15) is 0 Å². The lowest BCUT2D eigenvalue weighted by molar-refractivity contribution is -0.0449. The van der Waals surface area contributed by atoms with Gasteiger partial charge in [-0.25, -0.2) is 4.79 Å². The van der Waals surface area contributed by atoms with E-state index in [4.69, 9.17) is 4.74 Å². The van der Waals surface area contributed by atoms with Crippen molar-refractivity contribution >= 4 is 6.03 Å². The molecule has 1 aromatic rings. The van der Waals surface area contributed by atoms with Crippen molar-refractivity contribution in [3.8, 4) is 0 Å². The third-order valence-electron chi connectivity index (χ3n) is 4.96. The van der Waals surface area contributed by atoms with Crippen molar-refractivity contribution in [2.75, 3.05) is 33.8 Å². The van der Waals surface area contributed by atoms with Crippen molar-refractivity contribution < 1.29 is 9.53 Å². The van der Waals surface area contributed by atoms with Crippen molar-refractivity contribution in [2.45, 2.75) is 37.5 Å². The zero-order valence-electron chi connectivity index (χ0n) is 14.1. The summed E-state index contributed by atoms with van der Waals surface area (Å²) < 4.78 is 6.11. The zero-order chi connectivity index (χ0) is 16.3. The first-order chi connectivity index (χ1) is 11.1. The maximum atomic E-state index is 11.8. The molecule has 126 valence electrons. The molecule has 1 atom stereocenters. The number of nitrogens with zero attached hydrogens (tertiary/aromatic N) is 2. The minimum absolute atomic E-state index is 0.0303. The van der Waals surface area contributed by atoms with Gasteiger partial charge in [0.2, 0.25) is 0 Å². The molecule has 0 aliphatic carbocycles. The average Bonchev–Trinajstić information content (AvgIpc) is 2.93. The van der Waals surface area contributed by atoms with Gasteiger partial charge in [0.15, 0.2) is 0 Å². The predicted molar refractivity (Wildman–Crippen MR) is 90.3 cm³/mol. The fourth-order valence-electron chi connectivity index (χ4n) is 3.55. The minimum atomic E-state index is -0.0304. The highest BCUT2D eigenvalue weighted by Gasteiger charge is 2.43. The van der Waals surface area contributed by atoms with E-state index in [1.54, 1.807) is 19.0 Å². The summed E-state index contributed by atoms with van der Waals surface area (Å²) in [6.07, 6.45) is 3.04. The molecule has 2 fully saturated rings. The third-order valence-corrected chi connectivity index (χ3v) is 4.96. The SMILES string of the molecule is CN(C)C(=O)N[C@H]1COC2(CCN(Cc3ccccc3)CC2)C1. The Morgan fingerprint density at radius 2 is 2.00 bits per heavy atom. The van der Waals surface area contributed by atoms with Gasteiger partial charge in [0.25, 0.3) is 0 Å². The molecule has 1 N–H and O–H groups in total. The summed E-state index contributed by atoms with van der Waals surface area (Å²) in [5.41, 5.74) is 1.34. The monoisotopic (exact) mass is 317 g/mol. The number of carbonyl (C=O) groups excluding carboxylic acids is 1. The Morgan fingerprint density at radius 1 is 1.30 bits per heavy atom. The van der Waals surface area contributed by atoms with Crippen molar-refractivity contribution in [3.63, 3.8) is 0 Å². The molecular weight excluding hydrogens is 290 g/mol. The Morgan fingerprint density at radius 3 is 2.65 bits per heavy atom. The molecule has 5 heteroatoms. The number of hydrogen-bond donors (Lipinski definition) is 1. The molecule has 0 bridgehead atoms. The number of likely N-dealkylation sites (tertiary alicyclic amines) is 1. The van der Waals surface area contributed by atoms with Crippen LogP contribution >= 0.6 is 0 Å². The highest BCUT2D eigenvalue weighted by Crippen LogP contribution is 2.36. The van der Waals surface area contributed by atoms with Crippen LogP contribution in [0.5, 0.6) is 0 Å². The van der Waals surface area contributed by atoms with E-state index in [9.17, 15) is 4.79 Å². The Bertz CT molecular complexity index is 524. The van der Waals surface area contributed by atoms with Gasteiger partial charge in [-0.2, -0.15) is 0 Å². The molecule has 2 saturated heterocycles. The first-order valence-corrected chi connectivity index (χ1v) is 8.44. The van der Waals surface area contributed by atoms with Crippen molar-refractivity contribution in [1.82, 2.24) is 15.1 Å². The van der Waals surface area contributed by atoms with Crippen molar-refractivity contribution in [2.24, 2.45) is 0 Å². The van der Waals surface area contributed by atoms with Gasteiger partial charge in [-0.1, -0.05) is 30.3 Å². The van der Waals surface area contributed by atoms with Gasteiger partial charge >= 0.3 is 6.03 Å². The fraction of sp³-hybridized carbons (Fsp3) is 0.611. The maximum Gasteiger partial charge on any atom is 0.317 e. The van der Waals surface area contributed by atoms with E-state index < -0.39 is 0 Å². The van der Waals surface area contributed by atoms with E-state index in [0.717, 1.165) is 38.9 Å². The molecule has 1 spiro atoms. The first-order valence-electron chi connectivity index (χ1n) is 8.44. The van der Waals surface area contributed by atoms with Crippen LogP contribution in [-0.2, 0) is 11.3 Å². The van der Waals surface area contributed by atoms with E-state index in [1.807, 2.05) is 0 Å². The van der Waals surface area contributed by atoms with Crippen LogP contribution < -0.4 is 5.32 Å². The summed E-state index contributed by atoms with van der Waals surface area (Å²) in [5, 5.41) is 3.05. The number of piperidine rings is 1. The van der Waals surface area contributed by atoms with Gasteiger partial charge in [-0.3, -0.25) is 4.90 Å². The van der Waals surface area contributed by atoms with Gasteiger partial charge in [-0.15, -0.1) is 0 Å². The second kappa shape index (κ2) is 6.89. The smallest absolute Gasteiger partial charge is 0.317 e. The van der Waals surface area contributed by atoms with Crippen LogP contribution in [0.25, 0.3) is 0 Å². The maximum absolute atomic E-state index is 11.8. The van der Waals surface area contributed by atoms with Gasteiger partial charge in [0, 0.05) is 33.7 Å². The Hall–Kier alpha value is -1.59. The number of urea groups is 1. The summed E-state index contributed by atoms with van der Waals surface area (Å²) in [5.74, 6) is 0. The van der Waals surface area contributed by atoms with Crippen LogP contribution in [0.1, 0.15) is 24.8 Å². The van der Waals surface area contributed by atoms with E-state index in [-0.39, 0.29) is 17.7 Å². The van der Waals surface area contributed by atoms with Crippen LogP contribution in [0.2, 0.25) is 0 Å². The molecule has 2 aliphatic heterocycles. The van der Waals surface area contributed by atoms with E-state index >= 15 is 0 Å². The number of ether oxygens (including phenoxy) is 1. The van der Waals surface area contributed by atoms with Crippen LogP contribution in [0, 0.1) is 0 Å². The second-order valence-corrected chi connectivity index (χ2v) is 7.00. The van der Waals surface area contributed by atoms with Gasteiger partial charge in [0.05, 0.1) is 18.2 Å². The lowest BCUT2D eigenvalue weighted by atomic mass is 9.87. The average molecular weight is 317 g/mol. The van der Waals surface area contributed by atoms with Crippen molar-refractivity contribution in [1.29, 1.82) is 0 Å². The topological polar surface area (TPSA) is 44.8 Å². The molecule has 23 heavy (non-hydrogen) atoms. The predicted octanol–water partition coefficient (Wildman–Crippen LogP) is 2.08. The van der Waals surface area contributed by atoms with Crippen LogP contribution in [0.4, 0.5) is 4.79 Å². The van der Waals surface area contributed by atoms with E-state index in [2.05, 4.69) is 40.5 Å². The van der Waals surface area contributed by atoms with E-state index in [1.165, 1.54) is 5.56 Å². The van der Waals surface area contributed by atoms with Crippen LogP contribution in [-0.4, -0.2) is 61.3 Å². The van der Waals surface area contributed by atoms with Crippen LogP contribution in [0.15, 0.2) is 30.3 Å². The summed E-state index contributed by atoms with van der Waals surface area (Å²) >= 11 is 0. The molecule has 3 rings (SSSR count). The van der Waals surface area contributed by atoms with Gasteiger partial charge < -0.3 is 15.0 Å². The number of amides is 2. The molecule has 5 nitrogen and oxygen atoms in total.